The molecule has 1 heterocycles. The van der Waals surface area contributed by atoms with Gasteiger partial charge < -0.3 is 0 Å². The highest BCUT2D eigenvalue weighted by Crippen LogP contribution is 2.62. The van der Waals surface area contributed by atoms with Gasteiger partial charge in [-0.2, -0.15) is 0 Å². The smallest absolute Gasteiger partial charge is 0.164 e. The van der Waals surface area contributed by atoms with Crippen molar-refractivity contribution in [3.05, 3.63) is 168 Å². The third-order valence-corrected chi connectivity index (χ3v) is 8.77. The summed E-state index contributed by atoms with van der Waals surface area (Å²) < 4.78 is 0. The number of terminal acetylenes is 1. The quantitative estimate of drug-likeness (QED) is 0.159. The van der Waals surface area contributed by atoms with E-state index in [-0.39, 0.29) is 0 Å². The van der Waals surface area contributed by atoms with Crippen LogP contribution in [-0.2, 0) is 5.41 Å². The van der Waals surface area contributed by atoms with Gasteiger partial charge in [0.15, 0.2) is 17.5 Å². The monoisotopic (exact) mass is 561 g/mol. The van der Waals surface area contributed by atoms with Gasteiger partial charge in [-0.05, 0) is 63.6 Å². The van der Waals surface area contributed by atoms with E-state index in [0.717, 1.165) is 16.7 Å². The molecule has 1 spiro atoms. The van der Waals surface area contributed by atoms with Gasteiger partial charge in [0.2, 0.25) is 0 Å². The van der Waals surface area contributed by atoms with E-state index < -0.39 is 5.41 Å². The van der Waals surface area contributed by atoms with E-state index in [1.807, 2.05) is 49.4 Å². The topological polar surface area (TPSA) is 38.7 Å². The molecule has 0 aliphatic heterocycles. The minimum atomic E-state index is -0.438. The summed E-state index contributed by atoms with van der Waals surface area (Å²) in [6.45, 7) is 1.96. The van der Waals surface area contributed by atoms with Crippen molar-refractivity contribution >= 4 is 5.57 Å². The lowest BCUT2D eigenvalue weighted by atomic mass is 9.70. The molecule has 0 bridgehead atoms. The maximum absolute atomic E-state index is 5.71. The fraction of sp³-hybridized carbons (Fsp3) is 0.0488. The first kappa shape index (κ1) is 25.8. The number of fused-ring (bicyclic) bond motifs is 10. The van der Waals surface area contributed by atoms with Crippen molar-refractivity contribution in [2.45, 2.75) is 12.3 Å². The van der Waals surface area contributed by atoms with Gasteiger partial charge >= 0.3 is 0 Å². The van der Waals surface area contributed by atoms with Gasteiger partial charge in [-0.3, -0.25) is 0 Å². The zero-order chi connectivity index (χ0) is 29.7. The highest BCUT2D eigenvalue weighted by molar-refractivity contribution is 5.95. The zero-order valence-electron chi connectivity index (χ0n) is 24.2. The molecule has 3 nitrogen and oxygen atoms in total. The number of hydrogen-bond acceptors (Lipinski definition) is 3. The Morgan fingerprint density at radius 1 is 0.591 bits per heavy atom. The molecule has 1 aromatic heterocycles. The summed E-state index contributed by atoms with van der Waals surface area (Å²) in [5.41, 5.74) is 12.4. The second-order valence-corrected chi connectivity index (χ2v) is 11.1. The Bertz CT molecular complexity index is 2130. The van der Waals surface area contributed by atoms with Gasteiger partial charge in [-0.15, -0.1) is 6.42 Å². The molecule has 0 saturated heterocycles. The Kier molecular flexibility index (Phi) is 5.96. The van der Waals surface area contributed by atoms with Crippen LogP contribution in [-0.4, -0.2) is 15.0 Å². The average Bonchev–Trinajstić information content (AvgIpc) is 3.55. The van der Waals surface area contributed by atoms with Gasteiger partial charge in [0.1, 0.15) is 0 Å². The van der Waals surface area contributed by atoms with Crippen LogP contribution in [0.4, 0.5) is 0 Å². The normalized spacial score (nSPS) is 13.8. The van der Waals surface area contributed by atoms with E-state index in [1.165, 1.54) is 44.5 Å². The molecule has 2 aliphatic rings. The number of rotatable bonds is 4. The van der Waals surface area contributed by atoms with Gasteiger partial charge in [0.25, 0.3) is 0 Å². The second kappa shape index (κ2) is 10.2. The van der Waals surface area contributed by atoms with E-state index in [2.05, 4.69) is 96.9 Å². The third-order valence-electron chi connectivity index (χ3n) is 8.77. The molecular weight excluding hydrogens is 534 g/mol. The van der Waals surface area contributed by atoms with Crippen molar-refractivity contribution in [3.63, 3.8) is 0 Å². The molecule has 44 heavy (non-hydrogen) atoms. The van der Waals surface area contributed by atoms with Gasteiger partial charge in [0, 0.05) is 16.7 Å². The lowest BCUT2D eigenvalue weighted by Crippen LogP contribution is -2.25. The van der Waals surface area contributed by atoms with Crippen molar-refractivity contribution in [2.75, 3.05) is 0 Å². The third kappa shape index (κ3) is 3.68. The number of aromatic nitrogens is 3. The van der Waals surface area contributed by atoms with Crippen LogP contribution in [0.1, 0.15) is 35.0 Å². The first-order chi connectivity index (χ1) is 21.7. The van der Waals surface area contributed by atoms with Crippen LogP contribution in [0.2, 0.25) is 0 Å². The lowest BCUT2D eigenvalue weighted by Gasteiger charge is -2.30. The number of hydrogen-bond donors (Lipinski definition) is 0. The van der Waals surface area contributed by atoms with Crippen LogP contribution in [0.5, 0.6) is 0 Å². The Hall–Kier alpha value is -5.85. The largest absolute Gasteiger partial charge is 0.208 e. The van der Waals surface area contributed by atoms with Crippen LogP contribution in [0.25, 0.3) is 50.6 Å². The summed E-state index contributed by atoms with van der Waals surface area (Å²) >= 11 is 0. The highest BCUT2D eigenvalue weighted by Gasteiger charge is 2.51. The Morgan fingerprint density at radius 3 is 1.68 bits per heavy atom. The molecule has 0 N–H and O–H groups in total. The summed E-state index contributed by atoms with van der Waals surface area (Å²) in [4.78, 5) is 14.9. The maximum Gasteiger partial charge on any atom is 0.164 e. The Balaban J connectivity index is 1.41. The van der Waals surface area contributed by atoms with E-state index >= 15 is 0 Å². The summed E-state index contributed by atoms with van der Waals surface area (Å²) in [7, 11) is 0. The van der Waals surface area contributed by atoms with Crippen molar-refractivity contribution in [1.82, 2.24) is 15.0 Å². The van der Waals surface area contributed by atoms with Crippen molar-refractivity contribution in [3.8, 4) is 57.4 Å². The fourth-order valence-electron chi connectivity index (χ4n) is 7.04. The van der Waals surface area contributed by atoms with E-state index in [0.29, 0.717) is 17.5 Å². The van der Waals surface area contributed by atoms with Crippen LogP contribution >= 0.6 is 0 Å². The molecule has 8 rings (SSSR count). The first-order valence-electron chi connectivity index (χ1n) is 14.8. The molecule has 0 radical (unpaired) electrons. The molecule has 0 amide bonds. The average molecular weight is 562 g/mol. The summed E-state index contributed by atoms with van der Waals surface area (Å²) in [5, 5.41) is 0. The summed E-state index contributed by atoms with van der Waals surface area (Å²) in [6.07, 6.45) is 11.3. The fourth-order valence-corrected chi connectivity index (χ4v) is 7.04. The predicted octanol–water partition coefficient (Wildman–Crippen LogP) is 9.14. The zero-order valence-corrected chi connectivity index (χ0v) is 24.2. The van der Waals surface area contributed by atoms with Gasteiger partial charge in [0.05, 0.1) is 5.41 Å². The van der Waals surface area contributed by atoms with Crippen LogP contribution in [0.3, 0.4) is 0 Å². The van der Waals surface area contributed by atoms with E-state index in [1.54, 1.807) is 6.08 Å². The van der Waals surface area contributed by atoms with Crippen LogP contribution in [0.15, 0.2) is 140 Å². The molecule has 5 aromatic carbocycles. The minimum Gasteiger partial charge on any atom is -0.208 e. The van der Waals surface area contributed by atoms with Crippen molar-refractivity contribution in [2.24, 2.45) is 0 Å². The van der Waals surface area contributed by atoms with Gasteiger partial charge in [-0.25, -0.2) is 15.0 Å². The van der Waals surface area contributed by atoms with E-state index in [9.17, 15) is 0 Å². The van der Waals surface area contributed by atoms with Crippen LogP contribution in [0, 0.1) is 12.3 Å². The first-order valence-corrected chi connectivity index (χ1v) is 14.8. The standard InChI is InChI=1S/C41H27N3/c1-3-14-27(15-4-2)38-42-39(28-16-6-5-7-17-28)44-40(43-38)29-24-25-33-32-20-10-13-23-36(32)41(37(33)26-29)34-21-11-8-18-30(34)31-19-9-12-22-35(31)41/h1,4-26H,2H3/b15-4-,27-14+. The number of benzene rings is 5. The second-order valence-electron chi connectivity index (χ2n) is 11.1. The van der Waals surface area contributed by atoms with Crippen LogP contribution < -0.4 is 0 Å². The minimum absolute atomic E-state index is 0.438. The van der Waals surface area contributed by atoms with E-state index in [4.69, 9.17) is 21.4 Å². The highest BCUT2D eigenvalue weighted by atomic mass is 15.0. The summed E-state index contributed by atoms with van der Waals surface area (Å²) in [6, 6.07) is 43.1. The molecule has 6 aromatic rings. The molecule has 0 unspecified atom stereocenters. The molecule has 0 fully saturated rings. The van der Waals surface area contributed by atoms with Crippen molar-refractivity contribution in [1.29, 1.82) is 0 Å². The molecule has 0 saturated carbocycles. The molecule has 3 heteroatoms. The molecular formula is C41H27N3. The maximum atomic E-state index is 5.71. The summed E-state index contributed by atoms with van der Waals surface area (Å²) in [5.74, 6) is 4.40. The molecule has 206 valence electrons. The Morgan fingerprint density at radius 2 is 1.11 bits per heavy atom. The molecule has 2 aliphatic carbocycles. The van der Waals surface area contributed by atoms with Gasteiger partial charge in [-0.1, -0.05) is 133 Å². The van der Waals surface area contributed by atoms with Crippen molar-refractivity contribution < 1.29 is 0 Å². The SMILES string of the molecule is C#C/C=C(\C=C/C)c1nc(-c2ccccc2)nc(-c2ccc3c(c2)C2(c4ccccc4-c4ccccc42)c2ccccc2-3)n1. The number of allylic oxidation sites excluding steroid dienone is 4. The Labute approximate surface area is 257 Å². The lowest BCUT2D eigenvalue weighted by molar-refractivity contribution is 0.794. The number of nitrogens with zero attached hydrogens (tertiary/aromatic N) is 3. The predicted molar refractivity (Wildman–Crippen MR) is 179 cm³/mol. The molecule has 0 atom stereocenters.